The maximum Gasteiger partial charge on any atom is 0.408 e. The van der Waals surface area contributed by atoms with Gasteiger partial charge < -0.3 is 56.7 Å². The van der Waals surface area contributed by atoms with Crippen molar-refractivity contribution in [3.63, 3.8) is 0 Å². The number of halogens is 4. The zero-order valence-electron chi connectivity index (χ0n) is 50.1. The van der Waals surface area contributed by atoms with Gasteiger partial charge in [-0.1, -0.05) is 88.4 Å². The van der Waals surface area contributed by atoms with Gasteiger partial charge in [0.15, 0.2) is 15.6 Å². The van der Waals surface area contributed by atoms with Gasteiger partial charge in [-0.2, -0.15) is 8.78 Å². The lowest BCUT2D eigenvalue weighted by molar-refractivity contribution is -0.162. The minimum Gasteiger partial charge on any atom is -0.477 e. The van der Waals surface area contributed by atoms with Crippen molar-refractivity contribution < 1.29 is 93.7 Å². The number of ether oxygens (including phenoxy) is 1. The van der Waals surface area contributed by atoms with E-state index in [1.807, 2.05) is 12.1 Å². The number of aliphatic hydroxyl groups is 1. The quantitative estimate of drug-likeness (QED) is 0.0265. The van der Waals surface area contributed by atoms with E-state index in [-0.39, 0.29) is 24.3 Å². The Balaban J connectivity index is 0.00000233. The van der Waals surface area contributed by atoms with Crippen LogP contribution in [0.5, 0.6) is 0 Å². The van der Waals surface area contributed by atoms with E-state index in [1.54, 1.807) is 86.1 Å². The number of alkyl halides is 2. The zero-order chi connectivity index (χ0) is 67.3. The molecule has 4 aromatic rings. The van der Waals surface area contributed by atoms with E-state index in [4.69, 9.17) is 15.6 Å². The third kappa shape index (κ3) is 23.3. The predicted molar refractivity (Wildman–Crippen MR) is 315 cm³/mol. The number of nitrogens with two attached hydrogens (primary N) is 1. The first kappa shape index (κ1) is 73.2. The van der Waals surface area contributed by atoms with Gasteiger partial charge in [-0.15, -0.1) is 0 Å². The molecule has 1 aliphatic heterocycles. The number of carboxylic acid groups (broad SMARTS) is 1. The van der Waals surface area contributed by atoms with Crippen LogP contribution in [0.25, 0.3) is 11.1 Å². The van der Waals surface area contributed by atoms with Gasteiger partial charge in [-0.3, -0.25) is 48.1 Å². The Kier molecular flexibility index (Phi) is 27.1. The normalized spacial score (nSPS) is 13.9. The summed E-state index contributed by atoms with van der Waals surface area (Å²) in [4.78, 5) is 142. The van der Waals surface area contributed by atoms with Crippen molar-refractivity contribution in [1.29, 1.82) is 0 Å². The Bertz CT molecular complexity index is 3380. The first-order valence-corrected chi connectivity index (χ1v) is 29.8. The number of Topliss-reactive ketones (excluding diaryl/α,β-unsaturated/α-hetero) is 1. The number of hydrogen-bond acceptors (Lipinski definition) is 15. The van der Waals surface area contributed by atoms with Crippen molar-refractivity contribution in [3.8, 4) is 11.1 Å². The number of aromatic nitrogens is 1. The van der Waals surface area contributed by atoms with Gasteiger partial charge in [0.2, 0.25) is 35.4 Å². The summed E-state index contributed by atoms with van der Waals surface area (Å²) in [6, 6.07) is 16.7. The van der Waals surface area contributed by atoms with Crippen molar-refractivity contribution in [2.45, 2.75) is 104 Å². The zero-order valence-corrected chi connectivity index (χ0v) is 51.0. The van der Waals surface area contributed by atoms with Gasteiger partial charge in [0.05, 0.1) is 30.0 Å². The van der Waals surface area contributed by atoms with E-state index >= 15 is 4.39 Å². The van der Waals surface area contributed by atoms with Gasteiger partial charge in [-0.05, 0) is 54.2 Å². The first-order chi connectivity index (χ1) is 42.1. The molecule has 1 aromatic heterocycles. The van der Waals surface area contributed by atoms with Crippen LogP contribution >= 0.6 is 0 Å². The number of nitrogens with zero attached hydrogens (tertiary/aromatic N) is 3. The molecule has 5 atom stereocenters. The molecular formula is C60H73F4N9O16S. The number of benzene rings is 3. The summed E-state index contributed by atoms with van der Waals surface area (Å²) in [5.41, 5.74) is 6.57. The molecule has 5 rings (SSSR count). The standard InChI is InChI=1S/C57H69F2N9O14S.C3H4F2O2/c1-35(26-46(70)36(2)63-56(79)82-34-38-14-10-7-11-15-38)53(76)65-44(29-47(60)71)55(78)64-43(54(77)62-22-25-83(80,81)24-21-61-48(72)32-68-49(73)18-19-50(68)74)20-23-67(51(75)33-69)52(57(3,4)5)45-27-39(41-28-40(58)16-17-42(41)59)31-66(45)30-37-12-8-6-9-13-37;1-3(4,5)2(6)7/h6-19,27-28,31,35-36,43-44,52,69H,20-26,29-30,32-34H2,1-5H3,(H2,60,71)(H,61,72)(H,62,77)(H,63,79)(H,64,78)(H,65,76);1H3,(H,6,7)/t35-,36+,43+,44+,52+;/m1./s1. The molecule has 0 fully saturated rings. The van der Waals surface area contributed by atoms with Crippen molar-refractivity contribution in [2.75, 3.05) is 44.3 Å². The molecule has 0 spiro atoms. The predicted octanol–water partition coefficient (Wildman–Crippen LogP) is 2.83. The molecule has 1 aliphatic rings. The summed E-state index contributed by atoms with van der Waals surface area (Å²) in [6.45, 7) is 5.26. The number of sulfone groups is 1. The fourth-order valence-corrected chi connectivity index (χ4v) is 9.95. The number of ketones is 1. The van der Waals surface area contributed by atoms with Crippen LogP contribution in [0.3, 0.4) is 0 Å². The number of imide groups is 1. The summed E-state index contributed by atoms with van der Waals surface area (Å²) >= 11 is 0. The lowest BCUT2D eigenvalue weighted by Crippen LogP contribution is -2.56. The van der Waals surface area contributed by atoms with Crippen LogP contribution in [-0.2, 0) is 75.7 Å². The number of amides is 9. The number of carbonyl (C=O) groups excluding carboxylic acids is 10. The smallest absolute Gasteiger partial charge is 0.408 e. The number of rotatable bonds is 31. The highest BCUT2D eigenvalue weighted by atomic mass is 32.2. The molecule has 3 aromatic carbocycles. The molecule has 25 nitrogen and oxygen atoms in total. The molecule has 90 heavy (non-hydrogen) atoms. The summed E-state index contributed by atoms with van der Waals surface area (Å²) < 4.78 is 85.7. The molecule has 30 heteroatoms. The minimum atomic E-state index is -4.05. The number of aliphatic hydroxyl groups excluding tert-OH is 1. The van der Waals surface area contributed by atoms with Gasteiger partial charge in [0.25, 0.3) is 11.8 Å². The van der Waals surface area contributed by atoms with Crippen LogP contribution in [0.15, 0.2) is 103 Å². The Hall–Kier alpha value is -9.32. The third-order valence-electron chi connectivity index (χ3n) is 13.6. The maximum atomic E-state index is 15.4. The molecule has 0 saturated heterocycles. The van der Waals surface area contributed by atoms with E-state index in [2.05, 4.69) is 26.6 Å². The largest absolute Gasteiger partial charge is 0.477 e. The van der Waals surface area contributed by atoms with Gasteiger partial charge in [0, 0.05) is 80.6 Å². The molecule has 2 heterocycles. The average Bonchev–Trinajstić information content (AvgIpc) is 1.58. The first-order valence-electron chi connectivity index (χ1n) is 28.0. The van der Waals surface area contributed by atoms with Gasteiger partial charge in [0.1, 0.15) is 43.5 Å². The topological polar surface area (TPSA) is 369 Å². The van der Waals surface area contributed by atoms with E-state index in [9.17, 15) is 79.4 Å². The number of carboxylic acids is 1. The molecule has 0 aliphatic carbocycles. The molecule has 0 saturated carbocycles. The minimum absolute atomic E-state index is 0.0814. The Morgan fingerprint density at radius 2 is 1.31 bits per heavy atom. The molecule has 0 unspecified atom stereocenters. The SMILES string of the molecule is CC(F)(F)C(=O)O.C[C@H](CC(=O)[C@H](C)NC(=O)OCc1ccccc1)C(=O)N[C@@H](CC(N)=O)C(=O)N[C@@H](CCN(C(=O)CO)[C@@H](c1cc(-c2cc(F)ccc2F)cn1Cc1ccccc1)C(C)(C)C)C(=O)NCCS(=O)(=O)CCNC(=O)CN1C(=O)C=CC1=O. The van der Waals surface area contributed by atoms with Crippen LogP contribution in [0.2, 0.25) is 0 Å². The van der Waals surface area contributed by atoms with E-state index in [0.717, 1.165) is 35.9 Å². The Labute approximate surface area is 516 Å². The van der Waals surface area contributed by atoms with Crippen molar-refractivity contribution in [2.24, 2.45) is 17.1 Å². The van der Waals surface area contributed by atoms with E-state index in [0.29, 0.717) is 23.1 Å². The van der Waals surface area contributed by atoms with Crippen LogP contribution in [0.4, 0.5) is 22.4 Å². The van der Waals surface area contributed by atoms with Crippen molar-refractivity contribution >= 4 is 74.9 Å². The molecular weight excluding hydrogens is 1210 g/mol. The number of aliphatic carboxylic acids is 1. The van der Waals surface area contributed by atoms with Crippen LogP contribution in [-0.4, -0.2) is 166 Å². The highest BCUT2D eigenvalue weighted by Gasteiger charge is 2.39. The van der Waals surface area contributed by atoms with E-state index < -0.39 is 192 Å². The Morgan fingerprint density at radius 1 is 0.744 bits per heavy atom. The second kappa shape index (κ2) is 33.3. The lowest BCUT2D eigenvalue weighted by Gasteiger charge is -2.41. The number of alkyl carbamates (subject to hydrolysis) is 1. The van der Waals surface area contributed by atoms with Gasteiger partial charge in [-0.25, -0.2) is 26.8 Å². The van der Waals surface area contributed by atoms with Gasteiger partial charge >= 0.3 is 18.0 Å². The van der Waals surface area contributed by atoms with Crippen LogP contribution in [0, 0.1) is 23.0 Å². The molecule has 9 N–H and O–H groups in total. The average molecular weight is 1280 g/mol. The number of nitrogens with one attached hydrogen (secondary N) is 5. The fraction of sp³-hybridized carbons (Fsp3) is 0.417. The molecule has 9 amide bonds. The number of primary amides is 1. The van der Waals surface area contributed by atoms with Crippen molar-refractivity contribution in [3.05, 3.63) is 132 Å². The highest BCUT2D eigenvalue weighted by molar-refractivity contribution is 7.91. The molecule has 0 radical (unpaired) electrons. The summed E-state index contributed by atoms with van der Waals surface area (Å²) in [5, 5.41) is 30.0. The van der Waals surface area contributed by atoms with Crippen LogP contribution in [0.1, 0.15) is 83.7 Å². The Morgan fingerprint density at radius 3 is 1.87 bits per heavy atom. The summed E-state index contributed by atoms with van der Waals surface area (Å²) in [6.07, 6.45) is 0.848. The number of carbonyl (C=O) groups is 11. The lowest BCUT2D eigenvalue weighted by atomic mass is 9.82. The molecule has 0 bridgehead atoms. The fourth-order valence-electron chi connectivity index (χ4n) is 8.91. The summed E-state index contributed by atoms with van der Waals surface area (Å²) in [7, 11) is -4.05. The maximum absolute atomic E-state index is 15.4. The monoisotopic (exact) mass is 1280 g/mol. The van der Waals surface area contributed by atoms with Crippen LogP contribution < -0.4 is 32.3 Å². The van der Waals surface area contributed by atoms with E-state index in [1.165, 1.54) is 18.7 Å². The highest BCUT2D eigenvalue weighted by Crippen LogP contribution is 2.41. The number of hydrogen-bond donors (Lipinski definition) is 8. The molecule has 488 valence electrons. The van der Waals surface area contributed by atoms with Crippen molar-refractivity contribution in [1.82, 2.24) is 41.0 Å². The third-order valence-corrected chi connectivity index (χ3v) is 15.2. The second-order valence-corrected chi connectivity index (χ2v) is 24.4. The second-order valence-electron chi connectivity index (χ2n) is 22.1. The summed E-state index contributed by atoms with van der Waals surface area (Å²) in [5.74, 6) is -17.6.